The van der Waals surface area contributed by atoms with Crippen LogP contribution in [0.5, 0.6) is 0 Å². The van der Waals surface area contributed by atoms with E-state index in [9.17, 15) is 4.39 Å². The smallest absolute Gasteiger partial charge is 0.127 e. The van der Waals surface area contributed by atoms with Gasteiger partial charge in [0.2, 0.25) is 0 Å². The standard InChI is InChI=1S/C16H20FNS/c1-4-13-9-10-16(19-13)12(3)18-11(2)14-7-5-6-8-15(14)17/h5-12,18H,4H2,1-3H3/t11-,12?/m1/s1. The van der Waals surface area contributed by atoms with Crippen molar-refractivity contribution in [2.75, 3.05) is 0 Å². The molecular formula is C16H20FNS. The summed E-state index contributed by atoms with van der Waals surface area (Å²) in [6.45, 7) is 6.29. The SMILES string of the molecule is CCc1ccc(C(C)N[C@H](C)c2ccccc2F)s1. The van der Waals surface area contributed by atoms with Crippen LogP contribution in [0.2, 0.25) is 0 Å². The molecule has 0 aliphatic heterocycles. The first-order chi connectivity index (χ1) is 9.11. The van der Waals surface area contributed by atoms with Gasteiger partial charge >= 0.3 is 0 Å². The van der Waals surface area contributed by atoms with Gasteiger partial charge in [-0.15, -0.1) is 11.3 Å². The fourth-order valence-corrected chi connectivity index (χ4v) is 3.15. The second-order valence-electron chi connectivity index (χ2n) is 4.79. The quantitative estimate of drug-likeness (QED) is 0.823. The molecule has 0 radical (unpaired) electrons. The highest BCUT2D eigenvalue weighted by atomic mass is 32.1. The van der Waals surface area contributed by atoms with Crippen LogP contribution in [0.15, 0.2) is 36.4 Å². The molecule has 1 heterocycles. The molecule has 0 aliphatic rings. The first-order valence-electron chi connectivity index (χ1n) is 6.71. The van der Waals surface area contributed by atoms with Crippen molar-refractivity contribution in [1.82, 2.24) is 5.32 Å². The predicted molar refractivity (Wildman–Crippen MR) is 80.1 cm³/mol. The van der Waals surface area contributed by atoms with Crippen LogP contribution < -0.4 is 5.32 Å². The van der Waals surface area contributed by atoms with Crippen molar-refractivity contribution in [3.63, 3.8) is 0 Å². The summed E-state index contributed by atoms with van der Waals surface area (Å²) in [5.41, 5.74) is 0.724. The van der Waals surface area contributed by atoms with Crippen LogP contribution in [0, 0.1) is 5.82 Å². The number of halogens is 1. The molecular weight excluding hydrogens is 257 g/mol. The van der Waals surface area contributed by atoms with Crippen LogP contribution in [0.1, 0.15) is 48.2 Å². The first kappa shape index (κ1) is 14.2. The van der Waals surface area contributed by atoms with Gasteiger partial charge < -0.3 is 5.32 Å². The van der Waals surface area contributed by atoms with Gasteiger partial charge in [0.15, 0.2) is 0 Å². The van der Waals surface area contributed by atoms with Crippen LogP contribution in [0.3, 0.4) is 0 Å². The van der Waals surface area contributed by atoms with Gasteiger partial charge in [0.1, 0.15) is 5.82 Å². The second kappa shape index (κ2) is 6.31. The third-order valence-corrected chi connectivity index (χ3v) is 4.74. The summed E-state index contributed by atoms with van der Waals surface area (Å²) < 4.78 is 13.7. The molecule has 102 valence electrons. The van der Waals surface area contributed by atoms with Crippen molar-refractivity contribution >= 4 is 11.3 Å². The van der Waals surface area contributed by atoms with E-state index in [1.54, 1.807) is 6.07 Å². The van der Waals surface area contributed by atoms with Crippen molar-refractivity contribution in [3.05, 3.63) is 57.5 Å². The van der Waals surface area contributed by atoms with Gasteiger partial charge in [-0.25, -0.2) is 4.39 Å². The zero-order valence-corrected chi connectivity index (χ0v) is 12.4. The Labute approximate surface area is 118 Å². The molecule has 2 aromatic rings. The van der Waals surface area contributed by atoms with Gasteiger partial charge in [0, 0.05) is 27.4 Å². The van der Waals surface area contributed by atoms with Crippen LogP contribution in [-0.4, -0.2) is 0 Å². The summed E-state index contributed by atoms with van der Waals surface area (Å²) in [6.07, 6.45) is 1.07. The number of benzene rings is 1. The minimum absolute atomic E-state index is 0.00313. The van der Waals surface area contributed by atoms with Gasteiger partial charge in [0.05, 0.1) is 0 Å². The molecule has 0 bridgehead atoms. The van der Waals surface area contributed by atoms with Crippen LogP contribution in [0.25, 0.3) is 0 Å². The molecule has 0 amide bonds. The van der Waals surface area contributed by atoms with Gasteiger partial charge in [-0.05, 0) is 38.5 Å². The Bertz CT molecular complexity index is 535. The van der Waals surface area contributed by atoms with E-state index in [2.05, 4.69) is 31.3 Å². The lowest BCUT2D eigenvalue weighted by atomic mass is 10.1. The van der Waals surface area contributed by atoms with E-state index in [1.807, 2.05) is 30.4 Å². The maximum absolute atomic E-state index is 13.7. The van der Waals surface area contributed by atoms with Crippen LogP contribution >= 0.6 is 11.3 Å². The minimum Gasteiger partial charge on any atom is -0.303 e. The Balaban J connectivity index is 2.06. The molecule has 0 spiro atoms. The second-order valence-corrected chi connectivity index (χ2v) is 5.99. The van der Waals surface area contributed by atoms with Crippen molar-refractivity contribution in [3.8, 4) is 0 Å². The molecule has 0 saturated heterocycles. The molecule has 1 unspecified atom stereocenters. The summed E-state index contributed by atoms with van der Waals surface area (Å²) in [5.74, 6) is -0.143. The lowest BCUT2D eigenvalue weighted by Gasteiger charge is -2.20. The average Bonchev–Trinajstić information content (AvgIpc) is 2.88. The van der Waals surface area contributed by atoms with E-state index in [1.165, 1.54) is 15.8 Å². The van der Waals surface area contributed by atoms with E-state index in [4.69, 9.17) is 0 Å². The molecule has 2 atom stereocenters. The molecule has 3 heteroatoms. The van der Waals surface area contributed by atoms with Gasteiger partial charge in [-0.3, -0.25) is 0 Å². The lowest BCUT2D eigenvalue weighted by molar-refractivity contribution is 0.478. The van der Waals surface area contributed by atoms with Gasteiger partial charge in [-0.2, -0.15) is 0 Å². The molecule has 1 N–H and O–H groups in total. The van der Waals surface area contributed by atoms with E-state index in [0.29, 0.717) is 0 Å². The topological polar surface area (TPSA) is 12.0 Å². The number of nitrogens with one attached hydrogen (secondary N) is 1. The van der Waals surface area contributed by atoms with Crippen LogP contribution in [0.4, 0.5) is 4.39 Å². The Morgan fingerprint density at radius 2 is 1.84 bits per heavy atom. The molecule has 1 aromatic heterocycles. The highest BCUT2D eigenvalue weighted by Crippen LogP contribution is 2.26. The normalized spacial score (nSPS) is 14.3. The fraction of sp³-hybridized carbons (Fsp3) is 0.375. The Kier molecular flexibility index (Phi) is 4.72. The summed E-state index contributed by atoms with van der Waals surface area (Å²) in [5, 5.41) is 3.46. The highest BCUT2D eigenvalue weighted by molar-refractivity contribution is 7.12. The van der Waals surface area contributed by atoms with Crippen molar-refractivity contribution in [2.24, 2.45) is 0 Å². The minimum atomic E-state index is -0.143. The van der Waals surface area contributed by atoms with Crippen molar-refractivity contribution in [1.29, 1.82) is 0 Å². The highest BCUT2D eigenvalue weighted by Gasteiger charge is 2.15. The predicted octanol–water partition coefficient (Wildman–Crippen LogP) is 4.86. The zero-order chi connectivity index (χ0) is 13.8. The number of thiophene rings is 1. The Morgan fingerprint density at radius 1 is 1.11 bits per heavy atom. The van der Waals surface area contributed by atoms with Gasteiger partial charge in [0.25, 0.3) is 0 Å². The zero-order valence-electron chi connectivity index (χ0n) is 11.6. The summed E-state index contributed by atoms with van der Waals surface area (Å²) in [6, 6.07) is 11.5. The van der Waals surface area contributed by atoms with E-state index >= 15 is 0 Å². The van der Waals surface area contributed by atoms with E-state index < -0.39 is 0 Å². The number of rotatable bonds is 5. The van der Waals surface area contributed by atoms with Crippen molar-refractivity contribution < 1.29 is 4.39 Å². The third kappa shape index (κ3) is 3.43. The molecule has 0 saturated carbocycles. The number of hydrogen-bond acceptors (Lipinski definition) is 2. The molecule has 0 fully saturated rings. The number of aryl methyl sites for hydroxylation is 1. The molecule has 19 heavy (non-hydrogen) atoms. The van der Waals surface area contributed by atoms with E-state index in [-0.39, 0.29) is 17.9 Å². The summed E-state index contributed by atoms with van der Waals surface area (Å²) in [4.78, 5) is 2.70. The third-order valence-electron chi connectivity index (χ3n) is 3.33. The lowest BCUT2D eigenvalue weighted by Crippen LogP contribution is -2.22. The Morgan fingerprint density at radius 3 is 2.47 bits per heavy atom. The Hall–Kier alpha value is -1.19. The van der Waals surface area contributed by atoms with Crippen LogP contribution in [-0.2, 0) is 6.42 Å². The van der Waals surface area contributed by atoms with Crippen molar-refractivity contribution in [2.45, 2.75) is 39.3 Å². The molecule has 2 rings (SSSR count). The van der Waals surface area contributed by atoms with Gasteiger partial charge in [-0.1, -0.05) is 25.1 Å². The maximum atomic E-state index is 13.7. The average molecular weight is 277 g/mol. The largest absolute Gasteiger partial charge is 0.303 e. The summed E-state index contributed by atoms with van der Waals surface area (Å²) in [7, 11) is 0. The molecule has 1 nitrogen and oxygen atoms in total. The first-order valence-corrected chi connectivity index (χ1v) is 7.52. The maximum Gasteiger partial charge on any atom is 0.127 e. The molecule has 1 aromatic carbocycles. The summed E-state index contributed by atoms with van der Waals surface area (Å²) >= 11 is 1.83. The molecule has 0 aliphatic carbocycles. The monoisotopic (exact) mass is 277 g/mol. The number of hydrogen-bond donors (Lipinski definition) is 1. The van der Waals surface area contributed by atoms with E-state index in [0.717, 1.165) is 12.0 Å². The fourth-order valence-electron chi connectivity index (χ4n) is 2.19.